The molecule has 0 bridgehead atoms. The monoisotopic (exact) mass is 1070 g/mol. The van der Waals surface area contributed by atoms with E-state index in [1.165, 1.54) is 22.3 Å². The predicted molar refractivity (Wildman–Crippen MR) is 352 cm³/mol. The number of fused-ring (bicyclic) bond motifs is 1. The lowest BCUT2D eigenvalue weighted by molar-refractivity contribution is 1.28. The van der Waals surface area contributed by atoms with E-state index in [2.05, 4.69) is 325 Å². The van der Waals surface area contributed by atoms with Crippen LogP contribution in [0.25, 0.3) is 100 Å². The molecule has 0 saturated heterocycles. The van der Waals surface area contributed by atoms with Gasteiger partial charge >= 0.3 is 0 Å². The summed E-state index contributed by atoms with van der Waals surface area (Å²) >= 11 is 0. The predicted octanol–water partition coefficient (Wildman–Crippen LogP) is 21.9. The Hall–Kier alpha value is -11.2. The zero-order valence-corrected chi connectivity index (χ0v) is 46.1. The molecule has 1 heterocycles. The van der Waals surface area contributed by atoms with Crippen LogP contribution in [-0.4, -0.2) is 9.97 Å². The van der Waals surface area contributed by atoms with Crippen LogP contribution in [0.4, 0.5) is 34.1 Å². The van der Waals surface area contributed by atoms with Crippen LogP contribution >= 0.6 is 0 Å². The van der Waals surface area contributed by atoms with Crippen LogP contribution in [0.2, 0.25) is 0 Å². The van der Waals surface area contributed by atoms with E-state index in [1.54, 1.807) is 0 Å². The van der Waals surface area contributed by atoms with Crippen LogP contribution in [0.15, 0.2) is 340 Å². The first kappa shape index (κ1) is 51.0. The van der Waals surface area contributed by atoms with Gasteiger partial charge in [-0.25, -0.2) is 9.97 Å². The number of nitrogens with zero attached hydrogens (tertiary/aromatic N) is 4. The van der Waals surface area contributed by atoms with Crippen molar-refractivity contribution >= 4 is 45.2 Å². The molecule has 14 rings (SSSR count). The lowest BCUT2D eigenvalue weighted by Crippen LogP contribution is -2.10. The molecule has 0 N–H and O–H groups in total. The van der Waals surface area contributed by atoms with Gasteiger partial charge in [0.25, 0.3) is 0 Å². The molecule has 0 radical (unpaired) electrons. The van der Waals surface area contributed by atoms with Gasteiger partial charge in [0.2, 0.25) is 0 Å². The molecule has 1 aromatic heterocycles. The van der Waals surface area contributed by atoms with Crippen LogP contribution in [-0.2, 0) is 0 Å². The summed E-state index contributed by atoms with van der Waals surface area (Å²) in [6, 6.07) is 121. The maximum Gasteiger partial charge on any atom is 0.0973 e. The van der Waals surface area contributed by atoms with E-state index in [0.717, 1.165) is 112 Å². The molecule has 0 aliphatic carbocycles. The fourth-order valence-electron chi connectivity index (χ4n) is 11.5. The molecule has 0 fully saturated rings. The Morgan fingerprint density at radius 2 is 0.452 bits per heavy atom. The zero-order valence-electron chi connectivity index (χ0n) is 46.1. The van der Waals surface area contributed by atoms with Crippen molar-refractivity contribution in [3.63, 3.8) is 0 Å². The molecule has 396 valence electrons. The van der Waals surface area contributed by atoms with Crippen LogP contribution in [0, 0.1) is 0 Å². The molecule has 13 aromatic carbocycles. The number of benzene rings is 13. The Labute approximate surface area is 491 Å². The first-order chi connectivity index (χ1) is 41.6. The van der Waals surface area contributed by atoms with Gasteiger partial charge in [-0.15, -0.1) is 0 Å². The van der Waals surface area contributed by atoms with Gasteiger partial charge < -0.3 is 9.80 Å². The number of para-hydroxylation sites is 6. The minimum Gasteiger partial charge on any atom is -0.310 e. The van der Waals surface area contributed by atoms with Gasteiger partial charge in [-0.2, -0.15) is 0 Å². The Morgan fingerprint density at radius 1 is 0.167 bits per heavy atom. The summed E-state index contributed by atoms with van der Waals surface area (Å²) in [5.41, 5.74) is 25.5. The Kier molecular flexibility index (Phi) is 14.0. The second-order valence-corrected chi connectivity index (χ2v) is 20.9. The lowest BCUT2D eigenvalue weighted by atomic mass is 9.90. The third-order valence-corrected chi connectivity index (χ3v) is 15.7. The summed E-state index contributed by atoms with van der Waals surface area (Å²) in [6.45, 7) is 0. The first-order valence-corrected chi connectivity index (χ1v) is 28.5. The van der Waals surface area contributed by atoms with Crippen LogP contribution < -0.4 is 9.80 Å². The standard InChI is InChI=1S/C80H56N4/c1-7-23-57(24-8-1)63-27-21-29-65(53-63)75-55-71(83(67-31-11-3-12-32-67)68-33-13-4-14-34-68)49-51-73(75)59-41-45-61(46-42-59)79-80(82-78-40-20-19-39-77(78)81-79)62-47-43-60(44-48-62)74-52-50-72(84(69-35-15-5-16-36-69)70-37-17-6-18-38-70)56-76(74)66-30-22-28-64(54-66)58-25-9-2-10-26-58/h1-56H. The lowest BCUT2D eigenvalue weighted by Gasteiger charge is -2.27. The Balaban J connectivity index is 0.859. The summed E-state index contributed by atoms with van der Waals surface area (Å²) in [5, 5.41) is 0. The van der Waals surface area contributed by atoms with Gasteiger partial charge in [-0.1, -0.05) is 243 Å². The summed E-state index contributed by atoms with van der Waals surface area (Å²) in [4.78, 5) is 15.4. The normalized spacial score (nSPS) is 11.1. The molecule has 0 spiro atoms. The van der Waals surface area contributed by atoms with Crippen molar-refractivity contribution in [3.8, 4) is 89.3 Å². The fourth-order valence-corrected chi connectivity index (χ4v) is 11.5. The topological polar surface area (TPSA) is 32.3 Å². The van der Waals surface area contributed by atoms with Crippen LogP contribution in [0.1, 0.15) is 0 Å². The highest BCUT2D eigenvalue weighted by atomic mass is 15.1. The first-order valence-electron chi connectivity index (χ1n) is 28.5. The van der Waals surface area contributed by atoms with Gasteiger partial charge in [0.15, 0.2) is 0 Å². The Morgan fingerprint density at radius 3 is 0.798 bits per heavy atom. The number of hydrogen-bond acceptors (Lipinski definition) is 4. The molecule has 0 aliphatic heterocycles. The average Bonchev–Trinajstić information content (AvgIpc) is 3.72. The van der Waals surface area contributed by atoms with Crippen molar-refractivity contribution in [3.05, 3.63) is 340 Å². The molecule has 0 amide bonds. The van der Waals surface area contributed by atoms with E-state index in [-0.39, 0.29) is 0 Å². The Bertz CT molecular complexity index is 4180. The van der Waals surface area contributed by atoms with Gasteiger partial charge in [0.1, 0.15) is 0 Å². The molecule has 4 nitrogen and oxygen atoms in total. The van der Waals surface area contributed by atoms with Gasteiger partial charge in [-0.3, -0.25) is 0 Å². The molecule has 84 heavy (non-hydrogen) atoms. The van der Waals surface area contributed by atoms with E-state index in [9.17, 15) is 0 Å². The molecule has 0 atom stereocenters. The maximum atomic E-state index is 5.39. The van der Waals surface area contributed by atoms with Gasteiger partial charge in [-0.05, 0) is 164 Å². The molecular formula is C80H56N4. The maximum absolute atomic E-state index is 5.39. The van der Waals surface area contributed by atoms with E-state index in [1.807, 2.05) is 24.3 Å². The highest BCUT2D eigenvalue weighted by molar-refractivity contribution is 5.94. The number of hydrogen-bond donors (Lipinski definition) is 0. The van der Waals surface area contributed by atoms with Crippen molar-refractivity contribution in [1.29, 1.82) is 0 Å². The molecule has 0 unspecified atom stereocenters. The zero-order chi connectivity index (χ0) is 56.0. The SMILES string of the molecule is c1ccc(-c2cccc(-c3cc(N(c4ccccc4)c4ccccc4)ccc3-c3ccc(-c4nc5ccccc5nc4-c4ccc(-c5ccc(N(c6ccccc6)c6ccccc6)cc5-c5cccc(-c6ccccc6)c5)cc4)cc3)c2)cc1. The summed E-state index contributed by atoms with van der Waals surface area (Å²) in [5.74, 6) is 0. The minimum absolute atomic E-state index is 0.824. The second-order valence-electron chi connectivity index (χ2n) is 20.9. The smallest absolute Gasteiger partial charge is 0.0973 e. The minimum atomic E-state index is 0.824. The van der Waals surface area contributed by atoms with Crippen molar-refractivity contribution in [1.82, 2.24) is 9.97 Å². The highest BCUT2D eigenvalue weighted by Crippen LogP contribution is 2.45. The van der Waals surface area contributed by atoms with Crippen LogP contribution in [0.3, 0.4) is 0 Å². The molecule has 14 aromatic rings. The van der Waals surface area contributed by atoms with E-state index < -0.39 is 0 Å². The van der Waals surface area contributed by atoms with Crippen LogP contribution in [0.5, 0.6) is 0 Å². The fraction of sp³-hybridized carbons (Fsp3) is 0. The molecule has 0 aliphatic rings. The van der Waals surface area contributed by atoms with E-state index in [4.69, 9.17) is 9.97 Å². The summed E-state index contributed by atoms with van der Waals surface area (Å²) in [7, 11) is 0. The second kappa shape index (κ2) is 23.1. The van der Waals surface area contributed by atoms with Crippen molar-refractivity contribution < 1.29 is 0 Å². The third-order valence-electron chi connectivity index (χ3n) is 15.7. The summed E-state index contributed by atoms with van der Waals surface area (Å²) < 4.78 is 0. The molecule has 0 saturated carbocycles. The molecule has 4 heteroatoms. The third kappa shape index (κ3) is 10.4. The van der Waals surface area contributed by atoms with Crippen molar-refractivity contribution in [2.75, 3.05) is 9.80 Å². The van der Waals surface area contributed by atoms with Gasteiger partial charge in [0, 0.05) is 45.3 Å². The number of rotatable bonds is 14. The highest BCUT2D eigenvalue weighted by Gasteiger charge is 2.21. The van der Waals surface area contributed by atoms with Crippen molar-refractivity contribution in [2.24, 2.45) is 0 Å². The van der Waals surface area contributed by atoms with Crippen molar-refractivity contribution in [2.45, 2.75) is 0 Å². The average molecular weight is 1070 g/mol. The molecular weight excluding hydrogens is 1020 g/mol. The number of aromatic nitrogens is 2. The number of anilines is 6. The quantitative estimate of drug-likeness (QED) is 0.109. The van der Waals surface area contributed by atoms with Gasteiger partial charge in [0.05, 0.1) is 22.4 Å². The summed E-state index contributed by atoms with van der Waals surface area (Å²) in [6.07, 6.45) is 0. The van der Waals surface area contributed by atoms with E-state index >= 15 is 0 Å². The largest absolute Gasteiger partial charge is 0.310 e. The van der Waals surface area contributed by atoms with E-state index in [0.29, 0.717) is 0 Å².